The molecule has 0 atom stereocenters. The van der Waals surface area contributed by atoms with E-state index in [0.717, 1.165) is 30.6 Å². The number of nitrogens with zero attached hydrogens (tertiary/aromatic N) is 3. The molecule has 3 rings (SSSR count). The van der Waals surface area contributed by atoms with Gasteiger partial charge in [0.1, 0.15) is 5.52 Å². The van der Waals surface area contributed by atoms with Crippen LogP contribution in [0.3, 0.4) is 0 Å². The highest BCUT2D eigenvalue weighted by molar-refractivity contribution is 5.73. The Bertz CT molecular complexity index is 470. The fourth-order valence-corrected chi connectivity index (χ4v) is 1.68. The summed E-state index contributed by atoms with van der Waals surface area (Å²) in [5, 5.41) is 0. The minimum absolute atomic E-state index is 1.00. The molecule has 1 aliphatic rings. The van der Waals surface area contributed by atoms with Gasteiger partial charge in [0.15, 0.2) is 5.65 Å². The molecule has 0 unspecified atom stereocenters. The van der Waals surface area contributed by atoms with Gasteiger partial charge in [-0.25, -0.2) is 9.97 Å². The zero-order chi connectivity index (χ0) is 8.84. The van der Waals surface area contributed by atoms with Crippen molar-refractivity contribution in [3.8, 4) is 0 Å². The molecule has 1 aliphatic carbocycles. The Morgan fingerprint density at radius 3 is 3.08 bits per heavy atom. The Kier molecular flexibility index (Phi) is 1.26. The first-order valence-corrected chi connectivity index (χ1v) is 4.73. The van der Waals surface area contributed by atoms with Gasteiger partial charge in [-0.3, -0.25) is 0 Å². The molecule has 66 valence electrons. The molecule has 3 nitrogen and oxygen atoms in total. The largest absolute Gasteiger partial charge is 0.331 e. The van der Waals surface area contributed by atoms with Gasteiger partial charge in [-0.15, -0.1) is 0 Å². The molecule has 0 saturated heterocycles. The first-order chi connectivity index (χ1) is 6.38. The smallest absolute Gasteiger partial charge is 0.158 e. The Morgan fingerprint density at radius 2 is 2.23 bits per heavy atom. The van der Waals surface area contributed by atoms with E-state index in [9.17, 15) is 0 Å². The number of rotatable bonds is 2. The summed E-state index contributed by atoms with van der Waals surface area (Å²) in [7, 11) is 0. The third-order valence-electron chi connectivity index (χ3n) is 2.42. The highest BCUT2D eigenvalue weighted by atomic mass is 15.1. The lowest BCUT2D eigenvalue weighted by Crippen LogP contribution is -1.95. The fourth-order valence-electron chi connectivity index (χ4n) is 1.68. The molecule has 0 fully saturated rings. The van der Waals surface area contributed by atoms with Crippen LogP contribution in [-0.4, -0.2) is 14.5 Å². The van der Waals surface area contributed by atoms with E-state index in [1.165, 1.54) is 11.4 Å². The predicted octanol–water partition coefficient (Wildman–Crippen LogP) is 1.75. The fraction of sp³-hybridized carbons (Fsp3) is 0.400. The summed E-state index contributed by atoms with van der Waals surface area (Å²) in [5.74, 6) is 0. The summed E-state index contributed by atoms with van der Waals surface area (Å²) < 4.78 is 2.18. The van der Waals surface area contributed by atoms with Crippen LogP contribution in [0.15, 0.2) is 12.3 Å². The lowest BCUT2D eigenvalue weighted by atomic mass is 10.5. The van der Waals surface area contributed by atoms with Crippen LogP contribution < -0.4 is 0 Å². The molecule has 2 aromatic rings. The standard InChI is InChI=1S/C10H11N3/c1-2-4-13-5-3-7-10(13)12-9-6-8(9)11-7/h3,5H,2,4,6H2,1H3. The summed E-state index contributed by atoms with van der Waals surface area (Å²) >= 11 is 0. The molecule has 0 aliphatic heterocycles. The molecule has 3 heteroatoms. The number of hydrogen-bond acceptors (Lipinski definition) is 2. The van der Waals surface area contributed by atoms with Gasteiger partial charge < -0.3 is 4.57 Å². The van der Waals surface area contributed by atoms with E-state index in [2.05, 4.69) is 33.7 Å². The predicted molar refractivity (Wildman–Crippen MR) is 50.6 cm³/mol. The molecule has 0 amide bonds. The van der Waals surface area contributed by atoms with Gasteiger partial charge in [0.2, 0.25) is 0 Å². The molecular formula is C10H11N3. The highest BCUT2D eigenvalue weighted by Gasteiger charge is 2.22. The minimum atomic E-state index is 1.00. The van der Waals surface area contributed by atoms with E-state index in [1.807, 2.05) is 0 Å². The van der Waals surface area contributed by atoms with E-state index in [4.69, 9.17) is 0 Å². The number of hydrogen-bond donors (Lipinski definition) is 0. The van der Waals surface area contributed by atoms with Crippen LogP contribution in [0.25, 0.3) is 11.2 Å². The van der Waals surface area contributed by atoms with Crippen LogP contribution >= 0.6 is 0 Å². The molecule has 0 N–H and O–H groups in total. The van der Waals surface area contributed by atoms with E-state index in [1.54, 1.807) is 0 Å². The second kappa shape index (κ2) is 2.31. The maximum atomic E-state index is 4.55. The van der Waals surface area contributed by atoms with Gasteiger partial charge in [0, 0.05) is 19.2 Å². The highest BCUT2D eigenvalue weighted by Crippen LogP contribution is 2.26. The van der Waals surface area contributed by atoms with Crippen LogP contribution in [0.1, 0.15) is 24.7 Å². The Balaban J connectivity index is 2.21. The van der Waals surface area contributed by atoms with Crippen molar-refractivity contribution in [1.29, 1.82) is 0 Å². The van der Waals surface area contributed by atoms with Gasteiger partial charge in [0.05, 0.1) is 11.4 Å². The molecular weight excluding hydrogens is 162 g/mol. The second-order valence-corrected chi connectivity index (χ2v) is 3.51. The first kappa shape index (κ1) is 7.06. The molecule has 0 spiro atoms. The van der Waals surface area contributed by atoms with Crippen molar-refractivity contribution >= 4 is 11.2 Å². The van der Waals surface area contributed by atoms with Crippen molar-refractivity contribution < 1.29 is 0 Å². The summed E-state index contributed by atoms with van der Waals surface area (Å²) in [6.45, 7) is 3.21. The van der Waals surface area contributed by atoms with Gasteiger partial charge >= 0.3 is 0 Å². The van der Waals surface area contributed by atoms with E-state index in [0.29, 0.717) is 0 Å². The van der Waals surface area contributed by atoms with E-state index >= 15 is 0 Å². The van der Waals surface area contributed by atoms with Crippen molar-refractivity contribution in [3.05, 3.63) is 23.7 Å². The van der Waals surface area contributed by atoms with Gasteiger partial charge in [-0.1, -0.05) is 6.92 Å². The molecule has 0 aromatic carbocycles. The summed E-state index contributed by atoms with van der Waals surface area (Å²) in [6.07, 6.45) is 4.22. The minimum Gasteiger partial charge on any atom is -0.331 e. The molecule has 0 radical (unpaired) electrons. The lowest BCUT2D eigenvalue weighted by molar-refractivity contribution is 0.697. The third kappa shape index (κ3) is 0.963. The summed E-state index contributed by atoms with van der Waals surface area (Å²) in [5.41, 5.74) is 4.47. The van der Waals surface area contributed by atoms with E-state index in [-0.39, 0.29) is 0 Å². The Labute approximate surface area is 76.4 Å². The van der Waals surface area contributed by atoms with Gasteiger partial charge in [-0.05, 0) is 12.5 Å². The van der Waals surface area contributed by atoms with Crippen LogP contribution in [0.4, 0.5) is 0 Å². The maximum Gasteiger partial charge on any atom is 0.158 e. The average molecular weight is 173 g/mol. The molecule has 2 heterocycles. The number of aryl methyl sites for hydroxylation is 1. The van der Waals surface area contributed by atoms with Crippen molar-refractivity contribution in [1.82, 2.24) is 14.5 Å². The third-order valence-corrected chi connectivity index (χ3v) is 2.42. The van der Waals surface area contributed by atoms with Crippen molar-refractivity contribution in [3.63, 3.8) is 0 Å². The zero-order valence-electron chi connectivity index (χ0n) is 7.62. The Morgan fingerprint density at radius 1 is 1.38 bits per heavy atom. The average Bonchev–Trinajstić information content (AvgIpc) is 2.79. The summed E-state index contributed by atoms with van der Waals surface area (Å²) in [4.78, 5) is 9.04. The molecule has 0 bridgehead atoms. The Hall–Kier alpha value is -1.38. The molecule has 13 heavy (non-hydrogen) atoms. The summed E-state index contributed by atoms with van der Waals surface area (Å²) in [6, 6.07) is 2.05. The SMILES string of the molecule is CCCn1ccc2nc3c(nc21)C3. The monoisotopic (exact) mass is 173 g/mol. The van der Waals surface area contributed by atoms with Crippen LogP contribution in [0.5, 0.6) is 0 Å². The second-order valence-electron chi connectivity index (χ2n) is 3.51. The lowest BCUT2D eigenvalue weighted by Gasteiger charge is -1.99. The van der Waals surface area contributed by atoms with Gasteiger partial charge in [0.25, 0.3) is 0 Å². The number of aromatic nitrogens is 3. The van der Waals surface area contributed by atoms with Crippen LogP contribution in [-0.2, 0) is 13.0 Å². The molecule has 2 aromatic heterocycles. The van der Waals surface area contributed by atoms with Crippen LogP contribution in [0.2, 0.25) is 0 Å². The number of fused-ring (bicyclic) bond motifs is 2. The molecule has 0 saturated carbocycles. The van der Waals surface area contributed by atoms with Gasteiger partial charge in [-0.2, -0.15) is 0 Å². The van der Waals surface area contributed by atoms with Crippen molar-refractivity contribution in [2.24, 2.45) is 0 Å². The van der Waals surface area contributed by atoms with Crippen molar-refractivity contribution in [2.75, 3.05) is 0 Å². The van der Waals surface area contributed by atoms with Crippen LogP contribution in [0, 0.1) is 0 Å². The zero-order valence-corrected chi connectivity index (χ0v) is 7.62. The van der Waals surface area contributed by atoms with E-state index < -0.39 is 0 Å². The topological polar surface area (TPSA) is 30.7 Å². The van der Waals surface area contributed by atoms with Crippen molar-refractivity contribution in [2.45, 2.75) is 26.3 Å². The maximum absolute atomic E-state index is 4.55. The first-order valence-electron chi connectivity index (χ1n) is 4.73. The quantitative estimate of drug-likeness (QED) is 0.591. The normalized spacial score (nSPS) is 13.3.